The van der Waals surface area contributed by atoms with Gasteiger partial charge in [0, 0.05) is 31.4 Å². The van der Waals surface area contributed by atoms with Gasteiger partial charge in [0.2, 0.25) is 5.88 Å². The van der Waals surface area contributed by atoms with Crippen LogP contribution in [0, 0.1) is 11.8 Å². The van der Waals surface area contributed by atoms with E-state index in [1.807, 2.05) is 11.8 Å². The fourth-order valence-corrected chi connectivity index (χ4v) is 5.30. The Kier molecular flexibility index (Phi) is 5.14. The van der Waals surface area contributed by atoms with Crippen molar-refractivity contribution in [1.82, 2.24) is 14.8 Å². The number of ether oxygens (including phenoxy) is 1. The van der Waals surface area contributed by atoms with Crippen LogP contribution in [0.2, 0.25) is 0 Å². The third-order valence-electron chi connectivity index (χ3n) is 6.38. The molecular formula is C20H29N3O3. The fraction of sp³-hybridized carbons (Fsp3) is 0.700. The van der Waals surface area contributed by atoms with Crippen molar-refractivity contribution in [2.75, 3.05) is 32.8 Å². The molecule has 0 spiro atoms. The highest BCUT2D eigenvalue weighted by Gasteiger charge is 2.47. The summed E-state index contributed by atoms with van der Waals surface area (Å²) in [4.78, 5) is 22.0. The normalized spacial score (nSPS) is 31.4. The van der Waals surface area contributed by atoms with Crippen LogP contribution in [0.3, 0.4) is 0 Å². The largest absolute Gasteiger partial charge is 0.477 e. The number of rotatable bonds is 4. The van der Waals surface area contributed by atoms with Crippen LogP contribution in [0.4, 0.5) is 0 Å². The van der Waals surface area contributed by atoms with E-state index in [0.29, 0.717) is 42.5 Å². The molecule has 1 amide bonds. The zero-order valence-electron chi connectivity index (χ0n) is 15.5. The monoisotopic (exact) mass is 359 g/mol. The predicted molar refractivity (Wildman–Crippen MR) is 98.1 cm³/mol. The van der Waals surface area contributed by atoms with Crippen LogP contribution in [0.25, 0.3) is 0 Å². The SMILES string of the molecule is CCOc1ncccc1C(=O)N1C[C@H]2C[C@@H](C1)[C@H](CO)N1CCCC[C@@H]21. The summed E-state index contributed by atoms with van der Waals surface area (Å²) in [5, 5.41) is 10.0. The van der Waals surface area contributed by atoms with Crippen molar-refractivity contribution in [1.29, 1.82) is 0 Å². The van der Waals surface area contributed by atoms with Gasteiger partial charge in [0.1, 0.15) is 5.56 Å². The fourth-order valence-electron chi connectivity index (χ4n) is 5.30. The van der Waals surface area contributed by atoms with Gasteiger partial charge in [-0.1, -0.05) is 6.42 Å². The van der Waals surface area contributed by atoms with Crippen molar-refractivity contribution in [3.05, 3.63) is 23.9 Å². The van der Waals surface area contributed by atoms with Crippen molar-refractivity contribution >= 4 is 5.91 Å². The first kappa shape index (κ1) is 17.7. The minimum Gasteiger partial charge on any atom is -0.477 e. The van der Waals surface area contributed by atoms with Crippen LogP contribution in [0.1, 0.15) is 43.0 Å². The second kappa shape index (κ2) is 7.53. The van der Waals surface area contributed by atoms with Crippen LogP contribution in [-0.4, -0.2) is 70.7 Å². The van der Waals surface area contributed by atoms with E-state index in [1.54, 1.807) is 18.3 Å². The lowest BCUT2D eigenvalue weighted by Crippen LogP contribution is -2.65. The standard InChI is InChI=1S/C20H29N3O3/c1-2-26-19-16(6-5-8-21-19)20(25)22-11-14-10-15(12-22)18(13-24)23-9-4-3-7-17(14)23/h5-6,8,14-15,17-18,24H,2-4,7,9-13H2,1H3/t14-,15+,17+,18+/m1/s1. The number of nitrogens with zero attached hydrogens (tertiary/aromatic N) is 3. The van der Waals surface area contributed by atoms with Gasteiger partial charge >= 0.3 is 0 Å². The van der Waals surface area contributed by atoms with Crippen molar-refractivity contribution in [2.24, 2.45) is 11.8 Å². The topological polar surface area (TPSA) is 65.9 Å². The number of aliphatic hydroxyl groups excluding tert-OH is 1. The predicted octanol–water partition coefficient (Wildman–Crippen LogP) is 1.79. The number of hydrogen-bond acceptors (Lipinski definition) is 5. The molecule has 0 aromatic carbocycles. The molecule has 3 aliphatic heterocycles. The highest BCUT2D eigenvalue weighted by Crippen LogP contribution is 2.41. The summed E-state index contributed by atoms with van der Waals surface area (Å²) in [5.74, 6) is 1.29. The van der Waals surface area contributed by atoms with Crippen LogP contribution in [0.5, 0.6) is 5.88 Å². The smallest absolute Gasteiger partial charge is 0.259 e. The third-order valence-corrected chi connectivity index (χ3v) is 6.38. The van der Waals surface area contributed by atoms with E-state index in [0.717, 1.165) is 19.5 Å². The highest BCUT2D eigenvalue weighted by atomic mass is 16.5. The van der Waals surface area contributed by atoms with Gasteiger partial charge in [-0.3, -0.25) is 9.69 Å². The molecule has 6 nitrogen and oxygen atoms in total. The van der Waals surface area contributed by atoms with Crippen molar-refractivity contribution < 1.29 is 14.6 Å². The molecule has 0 saturated carbocycles. The Balaban J connectivity index is 1.57. The lowest BCUT2D eigenvalue weighted by molar-refractivity contribution is -0.0795. The quantitative estimate of drug-likeness (QED) is 0.888. The number of amides is 1. The first-order valence-electron chi connectivity index (χ1n) is 9.96. The maximum Gasteiger partial charge on any atom is 0.259 e. The zero-order chi connectivity index (χ0) is 18.1. The number of carbonyl (C=O) groups is 1. The number of aliphatic hydroxyl groups is 1. The summed E-state index contributed by atoms with van der Waals surface area (Å²) >= 11 is 0. The van der Waals surface area contributed by atoms with E-state index in [2.05, 4.69) is 9.88 Å². The van der Waals surface area contributed by atoms with Gasteiger partial charge in [0.25, 0.3) is 5.91 Å². The average molecular weight is 359 g/mol. The Morgan fingerprint density at radius 2 is 2.19 bits per heavy atom. The maximum atomic E-state index is 13.2. The first-order chi connectivity index (χ1) is 12.7. The van der Waals surface area contributed by atoms with Gasteiger partial charge < -0.3 is 14.7 Å². The second-order valence-corrected chi connectivity index (χ2v) is 7.81. The number of pyridine rings is 1. The summed E-state index contributed by atoms with van der Waals surface area (Å²) in [6.07, 6.45) is 6.46. The van der Waals surface area contributed by atoms with E-state index >= 15 is 0 Å². The molecule has 3 saturated heterocycles. The first-order valence-corrected chi connectivity index (χ1v) is 9.96. The van der Waals surface area contributed by atoms with Crippen molar-refractivity contribution in [2.45, 2.75) is 44.7 Å². The Bertz CT molecular complexity index is 639. The van der Waals surface area contributed by atoms with E-state index < -0.39 is 0 Å². The zero-order valence-corrected chi connectivity index (χ0v) is 15.5. The number of aromatic nitrogens is 1. The van der Waals surface area contributed by atoms with Crippen molar-refractivity contribution in [3.63, 3.8) is 0 Å². The lowest BCUT2D eigenvalue weighted by Gasteiger charge is -2.56. The molecule has 142 valence electrons. The molecule has 0 aliphatic carbocycles. The Morgan fingerprint density at radius 1 is 1.35 bits per heavy atom. The van der Waals surface area contributed by atoms with Gasteiger partial charge in [-0.05, 0) is 56.7 Å². The molecule has 1 aromatic rings. The van der Waals surface area contributed by atoms with E-state index in [1.165, 1.54) is 19.3 Å². The minimum atomic E-state index is 0.0113. The van der Waals surface area contributed by atoms with Crippen LogP contribution < -0.4 is 4.74 Å². The number of carbonyl (C=O) groups excluding carboxylic acids is 1. The molecule has 4 rings (SSSR count). The van der Waals surface area contributed by atoms with Gasteiger partial charge in [0.05, 0.1) is 13.2 Å². The molecule has 1 aromatic heterocycles. The molecule has 4 atom stereocenters. The maximum absolute atomic E-state index is 13.2. The lowest BCUT2D eigenvalue weighted by atomic mass is 9.72. The molecule has 4 heterocycles. The highest BCUT2D eigenvalue weighted by molar-refractivity contribution is 5.96. The second-order valence-electron chi connectivity index (χ2n) is 7.81. The summed E-state index contributed by atoms with van der Waals surface area (Å²) in [5.41, 5.74) is 0.551. The van der Waals surface area contributed by atoms with Crippen LogP contribution in [-0.2, 0) is 0 Å². The van der Waals surface area contributed by atoms with Crippen LogP contribution in [0.15, 0.2) is 18.3 Å². The molecular weight excluding hydrogens is 330 g/mol. The Labute approximate surface area is 155 Å². The van der Waals surface area contributed by atoms with Gasteiger partial charge in [-0.2, -0.15) is 0 Å². The Hall–Kier alpha value is -1.66. The summed E-state index contributed by atoms with van der Waals surface area (Å²) in [7, 11) is 0. The molecule has 3 aliphatic rings. The summed E-state index contributed by atoms with van der Waals surface area (Å²) in [6.45, 7) is 5.18. The van der Waals surface area contributed by atoms with Gasteiger partial charge in [-0.25, -0.2) is 4.98 Å². The van der Waals surface area contributed by atoms with Gasteiger partial charge in [-0.15, -0.1) is 0 Å². The molecule has 0 radical (unpaired) electrons. The number of hydrogen-bond donors (Lipinski definition) is 1. The summed E-state index contributed by atoms with van der Waals surface area (Å²) < 4.78 is 5.56. The molecule has 26 heavy (non-hydrogen) atoms. The third kappa shape index (κ3) is 3.09. The molecule has 3 fully saturated rings. The number of likely N-dealkylation sites (tertiary alicyclic amines) is 1. The molecule has 1 N–H and O–H groups in total. The number of fused-ring (bicyclic) bond motifs is 4. The van der Waals surface area contributed by atoms with Crippen LogP contribution >= 0.6 is 0 Å². The van der Waals surface area contributed by atoms with E-state index in [4.69, 9.17) is 4.74 Å². The average Bonchev–Trinajstić information content (AvgIpc) is 2.68. The Morgan fingerprint density at radius 3 is 3.00 bits per heavy atom. The molecule has 2 bridgehead atoms. The molecule has 6 heteroatoms. The van der Waals surface area contributed by atoms with Crippen molar-refractivity contribution in [3.8, 4) is 5.88 Å². The molecule has 0 unspecified atom stereocenters. The van der Waals surface area contributed by atoms with E-state index in [9.17, 15) is 9.90 Å². The number of piperidine rings is 3. The van der Waals surface area contributed by atoms with E-state index in [-0.39, 0.29) is 18.6 Å². The minimum absolute atomic E-state index is 0.0113. The van der Waals surface area contributed by atoms with Gasteiger partial charge in [0.15, 0.2) is 0 Å². The summed E-state index contributed by atoms with van der Waals surface area (Å²) in [6, 6.07) is 4.29.